The quantitative estimate of drug-likeness (QED) is 0.521. The molecule has 1 amide bonds. The number of carbonyl (C=O) groups is 1. The predicted molar refractivity (Wildman–Crippen MR) is 117 cm³/mol. The molecule has 0 atom stereocenters. The van der Waals surface area contributed by atoms with Crippen molar-refractivity contribution in [1.82, 2.24) is 0 Å². The van der Waals surface area contributed by atoms with Crippen LogP contribution in [0.3, 0.4) is 0 Å². The Morgan fingerprint density at radius 2 is 1.65 bits per heavy atom. The fraction of sp³-hybridized carbons (Fsp3) is 0.238. The number of anilines is 2. The lowest BCUT2D eigenvalue weighted by molar-refractivity contribution is -0.113. The molecule has 3 rings (SSSR count). The minimum Gasteiger partial charge on any atom is -0.372 e. The van der Waals surface area contributed by atoms with Gasteiger partial charge in [0.2, 0.25) is 0 Å². The van der Waals surface area contributed by atoms with Crippen molar-refractivity contribution in [2.45, 2.75) is 20.8 Å². The molecule has 2 aromatic carbocycles. The van der Waals surface area contributed by atoms with Gasteiger partial charge in [-0.15, -0.1) is 0 Å². The van der Waals surface area contributed by atoms with Gasteiger partial charge in [0.1, 0.15) is 0 Å². The second-order valence-electron chi connectivity index (χ2n) is 6.12. The summed E-state index contributed by atoms with van der Waals surface area (Å²) in [4.78, 5) is 17.4. The third-order valence-electron chi connectivity index (χ3n) is 4.41. The number of amides is 1. The van der Waals surface area contributed by atoms with Gasteiger partial charge in [-0.05, 0) is 56.7 Å². The van der Waals surface area contributed by atoms with Crippen LogP contribution in [0.4, 0.5) is 11.4 Å². The van der Waals surface area contributed by atoms with E-state index in [1.165, 1.54) is 17.4 Å². The van der Waals surface area contributed by atoms with E-state index >= 15 is 0 Å². The van der Waals surface area contributed by atoms with E-state index in [4.69, 9.17) is 12.2 Å². The van der Waals surface area contributed by atoms with Crippen molar-refractivity contribution in [2.24, 2.45) is 0 Å². The highest BCUT2D eigenvalue weighted by Crippen LogP contribution is 2.36. The van der Waals surface area contributed by atoms with Crippen molar-refractivity contribution in [3.05, 3.63) is 64.6 Å². The van der Waals surface area contributed by atoms with Crippen LogP contribution < -0.4 is 9.80 Å². The first-order chi connectivity index (χ1) is 12.5. The van der Waals surface area contributed by atoms with Gasteiger partial charge in [-0.2, -0.15) is 0 Å². The van der Waals surface area contributed by atoms with Gasteiger partial charge in [0.25, 0.3) is 5.91 Å². The molecule has 0 N–H and O–H groups in total. The third-order valence-corrected chi connectivity index (χ3v) is 5.71. The number of rotatable bonds is 5. The Hall–Kier alpha value is -2.11. The monoisotopic (exact) mass is 382 g/mol. The van der Waals surface area contributed by atoms with Crippen LogP contribution in [-0.4, -0.2) is 23.3 Å². The maximum absolute atomic E-state index is 12.8. The van der Waals surface area contributed by atoms with Gasteiger partial charge in [0, 0.05) is 18.8 Å². The zero-order valence-corrected chi connectivity index (χ0v) is 16.9. The van der Waals surface area contributed by atoms with E-state index < -0.39 is 0 Å². The van der Waals surface area contributed by atoms with E-state index in [1.807, 2.05) is 49.4 Å². The number of carbonyl (C=O) groups excluding carboxylic acids is 1. The fourth-order valence-corrected chi connectivity index (χ4v) is 4.20. The van der Waals surface area contributed by atoms with E-state index in [0.717, 1.165) is 29.9 Å². The van der Waals surface area contributed by atoms with Gasteiger partial charge in [0.05, 0.1) is 10.6 Å². The lowest BCUT2D eigenvalue weighted by Crippen LogP contribution is -2.27. The van der Waals surface area contributed by atoms with Gasteiger partial charge >= 0.3 is 0 Å². The molecule has 2 aromatic rings. The second-order valence-corrected chi connectivity index (χ2v) is 7.79. The maximum atomic E-state index is 12.8. The lowest BCUT2D eigenvalue weighted by atomic mass is 10.1. The van der Waals surface area contributed by atoms with Gasteiger partial charge < -0.3 is 4.90 Å². The van der Waals surface area contributed by atoms with E-state index in [-0.39, 0.29) is 5.91 Å². The first-order valence-corrected chi connectivity index (χ1v) is 9.95. The number of thioether (sulfide) groups is 1. The van der Waals surface area contributed by atoms with Crippen LogP contribution in [0.2, 0.25) is 0 Å². The summed E-state index contributed by atoms with van der Waals surface area (Å²) in [5.74, 6) is -0.0586. The predicted octanol–water partition coefficient (Wildman–Crippen LogP) is 5.25. The van der Waals surface area contributed by atoms with Crippen molar-refractivity contribution in [3.63, 3.8) is 0 Å². The third kappa shape index (κ3) is 3.84. The van der Waals surface area contributed by atoms with Crippen molar-refractivity contribution in [2.75, 3.05) is 22.9 Å². The van der Waals surface area contributed by atoms with Gasteiger partial charge in [-0.3, -0.25) is 9.69 Å². The van der Waals surface area contributed by atoms with E-state index in [0.29, 0.717) is 9.23 Å². The van der Waals surface area contributed by atoms with Crippen LogP contribution in [0.5, 0.6) is 0 Å². The summed E-state index contributed by atoms with van der Waals surface area (Å²) in [7, 11) is 0. The molecule has 0 spiro atoms. The van der Waals surface area contributed by atoms with E-state index in [1.54, 1.807) is 4.90 Å². The molecule has 0 saturated carbocycles. The summed E-state index contributed by atoms with van der Waals surface area (Å²) in [6, 6.07) is 16.1. The number of thiocarbonyl (C=S) groups is 1. The van der Waals surface area contributed by atoms with Gasteiger partial charge in [-0.1, -0.05) is 53.8 Å². The molecular formula is C21H22N2OS2. The number of nitrogens with zero attached hydrogens (tertiary/aromatic N) is 2. The van der Waals surface area contributed by atoms with Gasteiger partial charge in [0.15, 0.2) is 4.32 Å². The standard InChI is InChI=1S/C21H22N2OS2/c1-4-22(5-2)17-12-8-16(9-13-17)14-19-20(24)23(21(25)26-19)18-10-6-15(3)7-11-18/h6-14H,4-5H2,1-3H3. The first kappa shape index (κ1) is 18.7. The Balaban J connectivity index is 1.82. The Morgan fingerprint density at radius 3 is 2.23 bits per heavy atom. The van der Waals surface area contributed by atoms with Crippen LogP contribution in [0.25, 0.3) is 6.08 Å². The van der Waals surface area contributed by atoms with Crippen LogP contribution in [-0.2, 0) is 4.79 Å². The maximum Gasteiger partial charge on any atom is 0.270 e. The summed E-state index contributed by atoms with van der Waals surface area (Å²) < 4.78 is 0.574. The average Bonchev–Trinajstić information content (AvgIpc) is 2.92. The van der Waals surface area contributed by atoms with Crippen molar-refractivity contribution < 1.29 is 4.79 Å². The Kier molecular flexibility index (Phi) is 5.79. The van der Waals surface area contributed by atoms with Crippen LogP contribution in [0.15, 0.2) is 53.4 Å². The van der Waals surface area contributed by atoms with E-state index in [2.05, 4.69) is 30.9 Å². The first-order valence-electron chi connectivity index (χ1n) is 8.73. The molecule has 3 nitrogen and oxygen atoms in total. The highest BCUT2D eigenvalue weighted by atomic mass is 32.2. The smallest absolute Gasteiger partial charge is 0.270 e. The molecule has 1 saturated heterocycles. The SMILES string of the molecule is CCN(CC)c1ccc(C=C2SC(=S)N(c3ccc(C)cc3)C2=O)cc1. The Labute approximate surface area is 164 Å². The van der Waals surface area contributed by atoms with Crippen molar-refractivity contribution >= 4 is 51.7 Å². The molecule has 0 aromatic heterocycles. The summed E-state index contributed by atoms with van der Waals surface area (Å²) >= 11 is 6.79. The zero-order chi connectivity index (χ0) is 18.7. The lowest BCUT2D eigenvalue weighted by Gasteiger charge is -2.20. The number of hydrogen-bond acceptors (Lipinski definition) is 4. The number of hydrogen-bond donors (Lipinski definition) is 0. The number of aryl methyl sites for hydroxylation is 1. The summed E-state index contributed by atoms with van der Waals surface area (Å²) in [6.07, 6.45) is 1.92. The molecule has 26 heavy (non-hydrogen) atoms. The highest BCUT2D eigenvalue weighted by molar-refractivity contribution is 8.27. The summed E-state index contributed by atoms with van der Waals surface area (Å²) in [5.41, 5.74) is 4.17. The van der Waals surface area contributed by atoms with Crippen LogP contribution >= 0.6 is 24.0 Å². The zero-order valence-electron chi connectivity index (χ0n) is 15.2. The minimum atomic E-state index is -0.0586. The summed E-state index contributed by atoms with van der Waals surface area (Å²) in [6.45, 7) is 8.27. The molecule has 1 aliphatic rings. The van der Waals surface area contributed by atoms with Crippen LogP contribution in [0, 0.1) is 6.92 Å². The molecule has 1 aliphatic heterocycles. The number of benzene rings is 2. The molecule has 0 radical (unpaired) electrons. The fourth-order valence-electron chi connectivity index (χ4n) is 2.91. The molecule has 1 fully saturated rings. The van der Waals surface area contributed by atoms with Crippen molar-refractivity contribution in [3.8, 4) is 0 Å². The molecule has 134 valence electrons. The van der Waals surface area contributed by atoms with E-state index in [9.17, 15) is 4.79 Å². The van der Waals surface area contributed by atoms with Crippen molar-refractivity contribution in [1.29, 1.82) is 0 Å². The Bertz CT molecular complexity index is 837. The molecule has 0 aliphatic carbocycles. The average molecular weight is 383 g/mol. The molecular weight excluding hydrogens is 360 g/mol. The minimum absolute atomic E-state index is 0.0586. The normalized spacial score (nSPS) is 15.8. The second kappa shape index (κ2) is 8.06. The Morgan fingerprint density at radius 1 is 1.04 bits per heavy atom. The molecule has 0 bridgehead atoms. The highest BCUT2D eigenvalue weighted by Gasteiger charge is 2.33. The molecule has 0 unspecified atom stereocenters. The molecule has 1 heterocycles. The topological polar surface area (TPSA) is 23.6 Å². The largest absolute Gasteiger partial charge is 0.372 e. The van der Waals surface area contributed by atoms with Gasteiger partial charge in [-0.25, -0.2) is 0 Å². The molecule has 5 heteroatoms. The van der Waals surface area contributed by atoms with Crippen LogP contribution in [0.1, 0.15) is 25.0 Å². The summed E-state index contributed by atoms with van der Waals surface area (Å²) in [5, 5.41) is 0.